The van der Waals surface area contributed by atoms with Gasteiger partial charge in [-0.2, -0.15) is 0 Å². The number of benzene rings is 1. The van der Waals surface area contributed by atoms with E-state index in [9.17, 15) is 0 Å². The minimum Gasteiger partial charge on any atom is -0.353 e. The number of rotatable bonds is 4. The van der Waals surface area contributed by atoms with Gasteiger partial charge >= 0.3 is 0 Å². The monoisotopic (exact) mass is 289 g/mol. The molecule has 2 rings (SSSR count). The fraction of sp³-hybridized carbons (Fsp3) is 0.312. The molecule has 4 heteroatoms. The van der Waals surface area contributed by atoms with Gasteiger partial charge in [-0.1, -0.05) is 29.8 Å². The third-order valence-corrected chi connectivity index (χ3v) is 3.81. The largest absolute Gasteiger partial charge is 0.353 e. The Labute approximate surface area is 125 Å². The van der Waals surface area contributed by atoms with Crippen LogP contribution in [0.4, 0.5) is 5.82 Å². The molecule has 1 aromatic heterocycles. The second-order valence-electron chi connectivity index (χ2n) is 5.08. The number of nitrogens with zero attached hydrogens (tertiary/aromatic N) is 2. The predicted octanol–water partition coefficient (Wildman–Crippen LogP) is 3.95. The molecule has 0 aliphatic heterocycles. The van der Waals surface area contributed by atoms with Crippen molar-refractivity contribution in [1.29, 1.82) is 0 Å². The van der Waals surface area contributed by atoms with E-state index >= 15 is 0 Å². The minimum atomic E-state index is 0.00668. The highest BCUT2D eigenvalue weighted by Crippen LogP contribution is 2.26. The first-order chi connectivity index (χ1) is 9.49. The molecule has 0 saturated heterocycles. The number of halogens is 1. The first-order valence-electron chi connectivity index (χ1n) is 6.69. The molecule has 2 aromatic rings. The second kappa shape index (κ2) is 6.25. The van der Waals surface area contributed by atoms with Gasteiger partial charge in [0.15, 0.2) is 0 Å². The lowest BCUT2D eigenvalue weighted by molar-refractivity contribution is 0.726. The summed E-state index contributed by atoms with van der Waals surface area (Å²) in [5.41, 5.74) is 8.04. The second-order valence-corrected chi connectivity index (χ2v) is 5.52. The third kappa shape index (κ3) is 3.30. The molecule has 20 heavy (non-hydrogen) atoms. The molecule has 0 amide bonds. The van der Waals surface area contributed by atoms with Crippen LogP contribution in [-0.4, -0.2) is 12.0 Å². The van der Waals surface area contributed by atoms with E-state index in [0.717, 1.165) is 22.0 Å². The molecule has 0 aliphatic carbocycles. The van der Waals surface area contributed by atoms with Crippen LogP contribution < -0.4 is 10.6 Å². The molecule has 106 valence electrons. The third-order valence-electron chi connectivity index (χ3n) is 3.57. The van der Waals surface area contributed by atoms with Gasteiger partial charge in [-0.3, -0.25) is 0 Å². The maximum atomic E-state index is 6.05. The van der Waals surface area contributed by atoms with Crippen molar-refractivity contribution in [1.82, 2.24) is 4.98 Å². The molecule has 0 fully saturated rings. The first kappa shape index (κ1) is 14.8. The maximum absolute atomic E-state index is 6.05. The molecular formula is C16H20ClN3. The molecular weight excluding hydrogens is 270 g/mol. The fourth-order valence-electron chi connectivity index (χ4n) is 2.06. The maximum Gasteiger partial charge on any atom is 0.128 e. The summed E-state index contributed by atoms with van der Waals surface area (Å²) >= 11 is 6.05. The van der Waals surface area contributed by atoms with Crippen LogP contribution in [0.15, 0.2) is 42.6 Å². The van der Waals surface area contributed by atoms with Gasteiger partial charge in [0.25, 0.3) is 0 Å². The Bertz CT molecular complexity index is 566. The highest BCUT2D eigenvalue weighted by molar-refractivity contribution is 6.30. The van der Waals surface area contributed by atoms with E-state index in [-0.39, 0.29) is 12.1 Å². The molecule has 1 heterocycles. The normalized spacial score (nSPS) is 13.8. The van der Waals surface area contributed by atoms with Gasteiger partial charge in [0.1, 0.15) is 5.82 Å². The van der Waals surface area contributed by atoms with Crippen LogP contribution in [0, 0.1) is 0 Å². The zero-order valence-corrected chi connectivity index (χ0v) is 12.8. The van der Waals surface area contributed by atoms with Crippen molar-refractivity contribution in [2.75, 3.05) is 11.9 Å². The van der Waals surface area contributed by atoms with Crippen molar-refractivity contribution in [2.24, 2.45) is 5.73 Å². The Kier molecular flexibility index (Phi) is 4.63. The van der Waals surface area contributed by atoms with E-state index in [1.807, 2.05) is 50.5 Å². The highest BCUT2D eigenvalue weighted by Gasteiger charge is 2.14. The lowest BCUT2D eigenvalue weighted by Gasteiger charge is -2.26. The summed E-state index contributed by atoms with van der Waals surface area (Å²) in [5, 5.41) is 0.753. The van der Waals surface area contributed by atoms with Crippen LogP contribution >= 0.6 is 11.6 Å². The summed E-state index contributed by atoms with van der Waals surface area (Å²) in [6.07, 6.45) is 1.83. The standard InChI is InChI=1S/C16H20ClN3/c1-11(18)14-7-8-16(19-10-14)20(3)12(2)13-5-4-6-15(17)9-13/h4-12H,18H2,1-3H3. The van der Waals surface area contributed by atoms with Crippen LogP contribution in [0.1, 0.15) is 37.1 Å². The molecule has 0 bridgehead atoms. The molecule has 2 unspecified atom stereocenters. The van der Waals surface area contributed by atoms with Crippen molar-refractivity contribution in [2.45, 2.75) is 25.9 Å². The average molecular weight is 290 g/mol. The topological polar surface area (TPSA) is 42.1 Å². The van der Waals surface area contributed by atoms with E-state index in [0.29, 0.717) is 0 Å². The number of pyridine rings is 1. The summed E-state index contributed by atoms with van der Waals surface area (Å²) in [7, 11) is 2.03. The Morgan fingerprint density at radius 3 is 2.45 bits per heavy atom. The smallest absolute Gasteiger partial charge is 0.128 e. The Balaban J connectivity index is 2.20. The van der Waals surface area contributed by atoms with Gasteiger partial charge in [-0.25, -0.2) is 4.98 Å². The SMILES string of the molecule is CC(N)c1ccc(N(C)C(C)c2cccc(Cl)c2)nc1. The van der Waals surface area contributed by atoms with Crippen LogP contribution in [0.3, 0.4) is 0 Å². The van der Waals surface area contributed by atoms with Gasteiger partial charge in [0, 0.05) is 24.3 Å². The van der Waals surface area contributed by atoms with Gasteiger partial charge in [-0.05, 0) is 43.2 Å². The Morgan fingerprint density at radius 2 is 1.90 bits per heavy atom. The molecule has 0 radical (unpaired) electrons. The zero-order chi connectivity index (χ0) is 14.7. The van der Waals surface area contributed by atoms with Gasteiger partial charge in [0.2, 0.25) is 0 Å². The van der Waals surface area contributed by atoms with Crippen LogP contribution in [0.25, 0.3) is 0 Å². The van der Waals surface area contributed by atoms with Crippen molar-refractivity contribution >= 4 is 17.4 Å². The molecule has 0 spiro atoms. The predicted molar refractivity (Wildman–Crippen MR) is 85.1 cm³/mol. The van der Waals surface area contributed by atoms with Crippen molar-refractivity contribution < 1.29 is 0 Å². The summed E-state index contributed by atoms with van der Waals surface area (Å²) < 4.78 is 0. The Morgan fingerprint density at radius 1 is 1.15 bits per heavy atom. The number of hydrogen-bond donors (Lipinski definition) is 1. The molecule has 0 aliphatic rings. The number of nitrogens with two attached hydrogens (primary N) is 1. The molecule has 1 aromatic carbocycles. The van der Waals surface area contributed by atoms with Crippen LogP contribution in [0.2, 0.25) is 5.02 Å². The lowest BCUT2D eigenvalue weighted by Crippen LogP contribution is -2.22. The summed E-state index contributed by atoms with van der Waals surface area (Å²) in [4.78, 5) is 6.60. The quantitative estimate of drug-likeness (QED) is 0.926. The first-order valence-corrected chi connectivity index (χ1v) is 7.06. The summed E-state index contributed by atoms with van der Waals surface area (Å²) in [6, 6.07) is 12.1. The van der Waals surface area contributed by atoms with E-state index in [2.05, 4.69) is 22.9 Å². The summed E-state index contributed by atoms with van der Waals surface area (Å²) in [6.45, 7) is 4.09. The molecule has 3 nitrogen and oxygen atoms in total. The van der Waals surface area contributed by atoms with Crippen LogP contribution in [0.5, 0.6) is 0 Å². The minimum absolute atomic E-state index is 0.00668. The lowest BCUT2D eigenvalue weighted by atomic mass is 10.1. The molecule has 0 saturated carbocycles. The van der Waals surface area contributed by atoms with E-state index < -0.39 is 0 Å². The van der Waals surface area contributed by atoms with Gasteiger partial charge in [-0.15, -0.1) is 0 Å². The van der Waals surface area contributed by atoms with E-state index in [4.69, 9.17) is 17.3 Å². The molecule has 2 atom stereocenters. The fourth-order valence-corrected chi connectivity index (χ4v) is 2.26. The number of aromatic nitrogens is 1. The van der Waals surface area contributed by atoms with Crippen LogP contribution in [-0.2, 0) is 0 Å². The van der Waals surface area contributed by atoms with Crippen molar-refractivity contribution in [3.05, 3.63) is 58.7 Å². The number of hydrogen-bond acceptors (Lipinski definition) is 3. The summed E-state index contributed by atoms with van der Waals surface area (Å²) in [5.74, 6) is 0.918. The van der Waals surface area contributed by atoms with Crippen molar-refractivity contribution in [3.8, 4) is 0 Å². The number of anilines is 1. The van der Waals surface area contributed by atoms with Gasteiger partial charge in [0.05, 0.1) is 6.04 Å². The van der Waals surface area contributed by atoms with Gasteiger partial charge < -0.3 is 10.6 Å². The molecule has 2 N–H and O–H groups in total. The van der Waals surface area contributed by atoms with E-state index in [1.54, 1.807) is 0 Å². The average Bonchev–Trinajstić information content (AvgIpc) is 2.46. The highest BCUT2D eigenvalue weighted by atomic mass is 35.5. The Hall–Kier alpha value is -1.58. The zero-order valence-electron chi connectivity index (χ0n) is 12.0. The van der Waals surface area contributed by atoms with Crippen molar-refractivity contribution in [3.63, 3.8) is 0 Å². The van der Waals surface area contributed by atoms with E-state index in [1.165, 1.54) is 0 Å².